The minimum atomic E-state index is -1.31. The Kier molecular flexibility index (Phi) is 13.4. The average Bonchev–Trinajstić information content (AvgIpc) is 2.73. The summed E-state index contributed by atoms with van der Waals surface area (Å²) in [5, 5.41) is 9.74. The molecule has 0 bridgehead atoms. The number of hydrogen-bond donors (Lipinski definition) is 1. The van der Waals surface area contributed by atoms with Crippen LogP contribution in [0.2, 0.25) is 0 Å². The predicted octanol–water partition coefficient (Wildman–Crippen LogP) is 7.54. The van der Waals surface area contributed by atoms with Crippen LogP contribution in [0.4, 0.5) is 0 Å². The van der Waals surface area contributed by atoms with Crippen molar-refractivity contribution in [1.82, 2.24) is 0 Å². The van der Waals surface area contributed by atoms with Crippen molar-refractivity contribution in [3.8, 4) is 0 Å². The molecule has 1 fully saturated rings. The molecule has 0 radical (unpaired) electrons. The first-order valence-corrected chi connectivity index (χ1v) is 12.8. The minimum absolute atomic E-state index is 0.156. The highest BCUT2D eigenvalue weighted by Crippen LogP contribution is 2.39. The molecule has 2 unspecified atom stereocenters. The van der Waals surface area contributed by atoms with Crippen LogP contribution < -0.4 is 0 Å². The highest BCUT2D eigenvalue weighted by atomic mass is 16.5. The van der Waals surface area contributed by atoms with E-state index in [0.717, 1.165) is 44.4 Å². The lowest BCUT2D eigenvalue weighted by Gasteiger charge is -2.33. The Morgan fingerprint density at radius 1 is 0.833 bits per heavy atom. The Hall–Kier alpha value is -1.06. The van der Waals surface area contributed by atoms with E-state index >= 15 is 0 Å². The molecule has 1 rings (SSSR count). The number of unbranched alkanes of at least 4 members (excludes halogenated alkanes) is 7. The molecular weight excluding hydrogens is 376 g/mol. The zero-order chi connectivity index (χ0) is 22.4. The van der Waals surface area contributed by atoms with E-state index in [9.17, 15) is 14.7 Å². The molecule has 0 aromatic heterocycles. The Morgan fingerprint density at radius 3 is 1.80 bits per heavy atom. The highest BCUT2D eigenvalue weighted by molar-refractivity contribution is 5.99. The molecule has 1 saturated carbocycles. The number of ether oxygens (including phenoxy) is 1. The fourth-order valence-electron chi connectivity index (χ4n) is 4.59. The van der Waals surface area contributed by atoms with Crippen LogP contribution in [0.3, 0.4) is 0 Å². The van der Waals surface area contributed by atoms with E-state index < -0.39 is 17.4 Å². The van der Waals surface area contributed by atoms with Crippen LogP contribution in [-0.4, -0.2) is 23.1 Å². The van der Waals surface area contributed by atoms with Crippen molar-refractivity contribution in [3.63, 3.8) is 0 Å². The molecule has 176 valence electrons. The van der Waals surface area contributed by atoms with E-state index in [-0.39, 0.29) is 12.0 Å². The zero-order valence-corrected chi connectivity index (χ0v) is 20.2. The lowest BCUT2D eigenvalue weighted by atomic mass is 9.74. The quantitative estimate of drug-likeness (QED) is 0.158. The average molecular weight is 425 g/mol. The lowest BCUT2D eigenvalue weighted by molar-refractivity contribution is -0.177. The zero-order valence-electron chi connectivity index (χ0n) is 20.2. The van der Waals surface area contributed by atoms with Gasteiger partial charge in [-0.1, -0.05) is 105 Å². The number of aliphatic carboxylic acids is 1. The molecule has 0 heterocycles. The summed E-state index contributed by atoms with van der Waals surface area (Å²) in [6.45, 7) is 8.81. The van der Waals surface area contributed by atoms with Crippen molar-refractivity contribution >= 4 is 11.9 Å². The number of carboxylic acids is 1. The maximum absolute atomic E-state index is 12.9. The SMILES string of the molecule is CCC(C)C(CCCCCCCCCCC(C)C)OC(=O)C1(C(=O)O)CCCCC1. The van der Waals surface area contributed by atoms with Crippen LogP contribution in [0.1, 0.15) is 130 Å². The predicted molar refractivity (Wildman–Crippen MR) is 123 cm³/mol. The molecule has 0 aromatic rings. The third kappa shape index (κ3) is 9.39. The van der Waals surface area contributed by atoms with Crippen LogP contribution in [0, 0.1) is 17.3 Å². The Bertz CT molecular complexity index is 479. The van der Waals surface area contributed by atoms with Gasteiger partial charge in [-0.05, 0) is 37.5 Å². The molecule has 1 aliphatic carbocycles. The summed E-state index contributed by atoms with van der Waals surface area (Å²) in [7, 11) is 0. The minimum Gasteiger partial charge on any atom is -0.480 e. The van der Waals surface area contributed by atoms with Gasteiger partial charge >= 0.3 is 11.9 Å². The topological polar surface area (TPSA) is 63.6 Å². The van der Waals surface area contributed by atoms with Crippen molar-refractivity contribution in [2.24, 2.45) is 17.3 Å². The van der Waals surface area contributed by atoms with Crippen molar-refractivity contribution < 1.29 is 19.4 Å². The maximum atomic E-state index is 12.9. The second kappa shape index (κ2) is 14.9. The molecule has 4 nitrogen and oxygen atoms in total. The smallest absolute Gasteiger partial charge is 0.323 e. The van der Waals surface area contributed by atoms with Crippen molar-refractivity contribution in [1.29, 1.82) is 0 Å². The Labute approximate surface area is 185 Å². The molecule has 0 saturated heterocycles. The van der Waals surface area contributed by atoms with Crippen LogP contribution in [-0.2, 0) is 14.3 Å². The molecule has 0 amide bonds. The fourth-order valence-corrected chi connectivity index (χ4v) is 4.59. The second-order valence-electron chi connectivity index (χ2n) is 10.1. The monoisotopic (exact) mass is 424 g/mol. The van der Waals surface area contributed by atoms with Crippen LogP contribution in [0.5, 0.6) is 0 Å². The van der Waals surface area contributed by atoms with Gasteiger partial charge < -0.3 is 9.84 Å². The van der Waals surface area contributed by atoms with E-state index in [1.165, 1.54) is 51.4 Å². The van der Waals surface area contributed by atoms with Gasteiger partial charge in [0.1, 0.15) is 6.10 Å². The van der Waals surface area contributed by atoms with E-state index in [1.807, 2.05) is 0 Å². The van der Waals surface area contributed by atoms with E-state index in [4.69, 9.17) is 4.74 Å². The molecule has 30 heavy (non-hydrogen) atoms. The van der Waals surface area contributed by atoms with Gasteiger partial charge in [-0.3, -0.25) is 9.59 Å². The molecule has 2 atom stereocenters. The second-order valence-corrected chi connectivity index (χ2v) is 10.1. The first kappa shape index (κ1) is 27.0. The van der Waals surface area contributed by atoms with Crippen molar-refractivity contribution in [2.45, 2.75) is 137 Å². The molecule has 0 aromatic carbocycles. The fraction of sp³-hybridized carbons (Fsp3) is 0.923. The van der Waals surface area contributed by atoms with Crippen LogP contribution >= 0.6 is 0 Å². The maximum Gasteiger partial charge on any atom is 0.323 e. The summed E-state index contributed by atoms with van der Waals surface area (Å²) in [6, 6.07) is 0. The lowest BCUT2D eigenvalue weighted by Crippen LogP contribution is -2.44. The van der Waals surface area contributed by atoms with Gasteiger partial charge in [0.25, 0.3) is 0 Å². The molecule has 4 heteroatoms. The van der Waals surface area contributed by atoms with Crippen LogP contribution in [0.15, 0.2) is 0 Å². The van der Waals surface area contributed by atoms with Gasteiger partial charge in [-0.2, -0.15) is 0 Å². The van der Waals surface area contributed by atoms with Gasteiger partial charge in [0.05, 0.1) is 0 Å². The standard InChI is InChI=1S/C26H48O4/c1-5-22(4)23(18-14-11-9-7-6-8-10-13-17-21(2)3)30-25(29)26(24(27)28)19-15-12-16-20-26/h21-23H,5-20H2,1-4H3,(H,27,28). The number of carbonyl (C=O) groups excluding carboxylic acids is 1. The summed E-state index contributed by atoms with van der Waals surface area (Å²) in [6.07, 6.45) is 16.6. The first-order valence-electron chi connectivity index (χ1n) is 12.8. The summed E-state index contributed by atoms with van der Waals surface area (Å²) in [4.78, 5) is 24.8. The van der Waals surface area contributed by atoms with Gasteiger partial charge in [0.15, 0.2) is 5.41 Å². The number of hydrogen-bond acceptors (Lipinski definition) is 3. The van der Waals surface area contributed by atoms with Gasteiger partial charge in [-0.25, -0.2) is 0 Å². The first-order chi connectivity index (χ1) is 14.3. The van der Waals surface area contributed by atoms with Crippen LogP contribution in [0.25, 0.3) is 0 Å². The molecule has 0 aliphatic heterocycles. The summed E-state index contributed by atoms with van der Waals surface area (Å²) in [5.74, 6) is -0.393. The van der Waals surface area contributed by atoms with E-state index in [0.29, 0.717) is 12.8 Å². The van der Waals surface area contributed by atoms with Gasteiger partial charge in [0, 0.05) is 0 Å². The van der Waals surface area contributed by atoms with E-state index in [1.54, 1.807) is 0 Å². The van der Waals surface area contributed by atoms with Gasteiger partial charge in [0.2, 0.25) is 0 Å². The third-order valence-electron chi connectivity index (χ3n) is 7.06. The van der Waals surface area contributed by atoms with Crippen molar-refractivity contribution in [3.05, 3.63) is 0 Å². The normalized spacial score (nSPS) is 18.2. The third-order valence-corrected chi connectivity index (χ3v) is 7.06. The van der Waals surface area contributed by atoms with Crippen molar-refractivity contribution in [2.75, 3.05) is 0 Å². The molecular formula is C26H48O4. The summed E-state index contributed by atoms with van der Waals surface area (Å²) < 4.78 is 5.88. The largest absolute Gasteiger partial charge is 0.480 e. The Balaban J connectivity index is 2.35. The van der Waals surface area contributed by atoms with Gasteiger partial charge in [-0.15, -0.1) is 0 Å². The summed E-state index contributed by atoms with van der Waals surface area (Å²) >= 11 is 0. The number of carboxylic acid groups (broad SMARTS) is 1. The van der Waals surface area contributed by atoms with E-state index in [2.05, 4.69) is 27.7 Å². The summed E-state index contributed by atoms with van der Waals surface area (Å²) in [5.41, 5.74) is -1.31. The Morgan fingerprint density at radius 2 is 1.33 bits per heavy atom. The number of carbonyl (C=O) groups is 2. The highest BCUT2D eigenvalue weighted by Gasteiger charge is 2.49. The number of rotatable bonds is 16. The molecule has 1 N–H and O–H groups in total. The number of esters is 1. The molecule has 0 spiro atoms. The molecule has 1 aliphatic rings.